The number of hydrogen-bond acceptors (Lipinski definition) is 4. The first-order valence-corrected chi connectivity index (χ1v) is 9.07. The number of rotatable bonds is 2. The molecule has 0 bridgehead atoms. The molecule has 2 aliphatic rings. The van der Waals surface area contributed by atoms with E-state index in [0.717, 1.165) is 41.9 Å². The van der Waals surface area contributed by atoms with Crippen LogP contribution in [0.5, 0.6) is 0 Å². The minimum atomic E-state index is 0.228. The van der Waals surface area contributed by atoms with Gasteiger partial charge in [0.1, 0.15) is 6.33 Å². The van der Waals surface area contributed by atoms with Crippen LogP contribution in [0.1, 0.15) is 49.1 Å². The number of hydrogen-bond donors (Lipinski definition) is 0. The molecule has 1 amide bonds. The molecular weight excluding hydrogens is 302 g/mol. The van der Waals surface area contributed by atoms with Gasteiger partial charge in [-0.05, 0) is 38.5 Å². The van der Waals surface area contributed by atoms with Crippen LogP contribution in [-0.4, -0.2) is 43.5 Å². The summed E-state index contributed by atoms with van der Waals surface area (Å²) in [5.74, 6) is 2.39. The number of likely N-dealkylation sites (tertiary alicyclic amines) is 1. The highest BCUT2D eigenvalue weighted by Gasteiger charge is 2.33. The summed E-state index contributed by atoms with van der Waals surface area (Å²) in [4.78, 5) is 23.6. The largest absolute Gasteiger partial charge is 0.342 e. The van der Waals surface area contributed by atoms with Gasteiger partial charge in [0.2, 0.25) is 5.91 Å². The summed E-state index contributed by atoms with van der Waals surface area (Å²) in [5, 5.41) is 4.21. The van der Waals surface area contributed by atoms with Crippen molar-refractivity contribution in [3.8, 4) is 0 Å². The Bertz CT molecular complexity index is 768. The van der Waals surface area contributed by atoms with Crippen molar-refractivity contribution in [2.24, 2.45) is 11.8 Å². The van der Waals surface area contributed by atoms with Gasteiger partial charge < -0.3 is 4.90 Å². The van der Waals surface area contributed by atoms with Gasteiger partial charge >= 0.3 is 0 Å². The van der Waals surface area contributed by atoms with Gasteiger partial charge in [0.15, 0.2) is 0 Å². The van der Waals surface area contributed by atoms with Crippen LogP contribution < -0.4 is 0 Å². The fourth-order valence-electron chi connectivity index (χ4n) is 4.50. The summed E-state index contributed by atoms with van der Waals surface area (Å²) in [7, 11) is 0. The van der Waals surface area contributed by atoms with E-state index in [0.29, 0.717) is 12.2 Å². The highest BCUT2D eigenvalue weighted by Crippen LogP contribution is 2.36. The van der Waals surface area contributed by atoms with E-state index in [9.17, 15) is 4.79 Å². The van der Waals surface area contributed by atoms with Gasteiger partial charge in [-0.25, -0.2) is 9.50 Å². The van der Waals surface area contributed by atoms with E-state index in [-0.39, 0.29) is 5.91 Å². The van der Waals surface area contributed by atoms with E-state index in [4.69, 9.17) is 0 Å². The van der Waals surface area contributed by atoms with Crippen molar-refractivity contribution in [1.29, 1.82) is 0 Å². The number of carbonyl (C=O) groups excluding carboxylic acids is 1. The molecular formula is C18H25N5O. The number of amides is 1. The first kappa shape index (κ1) is 15.5. The molecule has 2 aromatic rings. The quantitative estimate of drug-likeness (QED) is 0.849. The highest BCUT2D eigenvalue weighted by atomic mass is 16.2. The summed E-state index contributed by atoms with van der Waals surface area (Å²) < 4.78 is 1.73. The number of aromatic nitrogens is 4. The summed E-state index contributed by atoms with van der Waals surface area (Å²) in [6, 6.07) is 0. The predicted molar refractivity (Wildman–Crippen MR) is 90.6 cm³/mol. The predicted octanol–water partition coefficient (Wildman–Crippen LogP) is 2.32. The Hall–Kier alpha value is -1.98. The lowest BCUT2D eigenvalue weighted by Crippen LogP contribution is -2.45. The lowest BCUT2D eigenvalue weighted by Gasteiger charge is -2.41. The second-order valence-corrected chi connectivity index (χ2v) is 7.34. The maximum absolute atomic E-state index is 12.9. The Labute approximate surface area is 142 Å². The Morgan fingerprint density at radius 1 is 1.21 bits per heavy atom. The molecule has 0 spiro atoms. The van der Waals surface area contributed by atoms with E-state index in [2.05, 4.69) is 20.0 Å². The third kappa shape index (κ3) is 2.68. The van der Waals surface area contributed by atoms with E-state index < -0.39 is 0 Å². The first-order valence-electron chi connectivity index (χ1n) is 9.07. The SMILES string of the molecule is Cc1nc2ncnn2c(C)c1CC(=O)N1CC[C@H]2CCCC[C@@H]2C1. The van der Waals surface area contributed by atoms with E-state index in [1.807, 2.05) is 13.8 Å². The number of carbonyl (C=O) groups is 1. The fraction of sp³-hybridized carbons (Fsp3) is 0.667. The fourth-order valence-corrected chi connectivity index (χ4v) is 4.50. The molecule has 4 rings (SSSR count). The molecule has 0 unspecified atom stereocenters. The van der Waals surface area contributed by atoms with Crippen molar-refractivity contribution in [1.82, 2.24) is 24.5 Å². The van der Waals surface area contributed by atoms with Crippen molar-refractivity contribution < 1.29 is 4.79 Å². The number of fused-ring (bicyclic) bond motifs is 2. The molecule has 2 aromatic heterocycles. The van der Waals surface area contributed by atoms with Crippen molar-refractivity contribution in [3.63, 3.8) is 0 Å². The van der Waals surface area contributed by atoms with Crippen molar-refractivity contribution in [3.05, 3.63) is 23.3 Å². The van der Waals surface area contributed by atoms with Crippen LogP contribution in [0.2, 0.25) is 0 Å². The number of piperidine rings is 1. The van der Waals surface area contributed by atoms with Crippen molar-refractivity contribution >= 4 is 11.7 Å². The monoisotopic (exact) mass is 327 g/mol. The summed E-state index contributed by atoms with van der Waals surface area (Å²) in [6.45, 7) is 5.81. The summed E-state index contributed by atoms with van der Waals surface area (Å²) >= 11 is 0. The average Bonchev–Trinajstić information content (AvgIpc) is 3.06. The molecule has 1 saturated carbocycles. The topological polar surface area (TPSA) is 63.4 Å². The number of aryl methyl sites for hydroxylation is 2. The zero-order chi connectivity index (χ0) is 16.7. The Kier molecular flexibility index (Phi) is 3.98. The summed E-state index contributed by atoms with van der Waals surface area (Å²) in [6.07, 6.45) is 8.45. The van der Waals surface area contributed by atoms with Crippen molar-refractivity contribution in [2.45, 2.75) is 52.4 Å². The molecule has 1 aliphatic heterocycles. The smallest absolute Gasteiger partial charge is 0.252 e. The van der Waals surface area contributed by atoms with Gasteiger partial charge in [0, 0.05) is 30.0 Å². The normalized spacial score (nSPS) is 24.2. The third-order valence-corrected chi connectivity index (χ3v) is 5.96. The molecule has 6 heteroatoms. The second-order valence-electron chi connectivity index (χ2n) is 7.34. The minimum Gasteiger partial charge on any atom is -0.342 e. The minimum absolute atomic E-state index is 0.228. The maximum Gasteiger partial charge on any atom is 0.252 e. The van der Waals surface area contributed by atoms with E-state index >= 15 is 0 Å². The Morgan fingerprint density at radius 3 is 2.83 bits per heavy atom. The maximum atomic E-state index is 12.9. The van der Waals surface area contributed by atoms with Gasteiger partial charge in [-0.3, -0.25) is 4.79 Å². The molecule has 24 heavy (non-hydrogen) atoms. The van der Waals surface area contributed by atoms with Crippen LogP contribution in [0.25, 0.3) is 5.78 Å². The molecule has 0 N–H and O–H groups in total. The van der Waals surface area contributed by atoms with Crippen LogP contribution in [-0.2, 0) is 11.2 Å². The lowest BCUT2D eigenvalue weighted by atomic mass is 9.75. The zero-order valence-corrected chi connectivity index (χ0v) is 14.5. The molecule has 6 nitrogen and oxygen atoms in total. The van der Waals surface area contributed by atoms with E-state index in [1.165, 1.54) is 38.4 Å². The van der Waals surface area contributed by atoms with Gasteiger partial charge in [0.25, 0.3) is 5.78 Å². The molecule has 3 heterocycles. The zero-order valence-electron chi connectivity index (χ0n) is 14.5. The molecule has 0 radical (unpaired) electrons. The average molecular weight is 327 g/mol. The van der Waals surface area contributed by atoms with Crippen LogP contribution in [0.15, 0.2) is 6.33 Å². The van der Waals surface area contributed by atoms with E-state index in [1.54, 1.807) is 4.52 Å². The van der Waals surface area contributed by atoms with Gasteiger partial charge in [0.05, 0.1) is 6.42 Å². The molecule has 0 aromatic carbocycles. The third-order valence-electron chi connectivity index (χ3n) is 5.96. The first-order chi connectivity index (χ1) is 11.6. The van der Waals surface area contributed by atoms with Crippen LogP contribution in [0, 0.1) is 25.7 Å². The molecule has 1 aliphatic carbocycles. The standard InChI is InChI=1S/C18H25N5O/c1-12-16(13(2)23-18(21-12)19-11-20-23)9-17(24)22-8-7-14-5-3-4-6-15(14)10-22/h11,14-15H,3-10H2,1-2H3/t14-,15-/m1/s1. The molecule has 128 valence electrons. The lowest BCUT2D eigenvalue weighted by molar-refractivity contribution is -0.133. The Balaban J connectivity index is 1.52. The highest BCUT2D eigenvalue weighted by molar-refractivity contribution is 5.79. The Morgan fingerprint density at radius 2 is 2.00 bits per heavy atom. The van der Waals surface area contributed by atoms with Gasteiger partial charge in [-0.1, -0.05) is 19.3 Å². The molecule has 1 saturated heterocycles. The van der Waals surface area contributed by atoms with Crippen molar-refractivity contribution in [2.75, 3.05) is 13.1 Å². The van der Waals surface area contributed by atoms with Gasteiger partial charge in [-0.2, -0.15) is 10.1 Å². The second kappa shape index (κ2) is 6.15. The van der Waals surface area contributed by atoms with Gasteiger partial charge in [-0.15, -0.1) is 0 Å². The van der Waals surface area contributed by atoms with Crippen LogP contribution >= 0.6 is 0 Å². The van der Waals surface area contributed by atoms with Crippen LogP contribution in [0.4, 0.5) is 0 Å². The molecule has 2 fully saturated rings. The summed E-state index contributed by atoms with van der Waals surface area (Å²) in [5.41, 5.74) is 2.84. The molecule has 2 atom stereocenters. The number of nitrogens with zero attached hydrogens (tertiary/aromatic N) is 5. The van der Waals surface area contributed by atoms with Crippen LogP contribution in [0.3, 0.4) is 0 Å².